The molecule has 1 aromatic rings. The molecule has 0 aliphatic rings. The molecule has 0 aliphatic heterocycles. The molecule has 0 bridgehead atoms. The van der Waals surface area contributed by atoms with Crippen molar-refractivity contribution in [1.29, 1.82) is 0 Å². The fourth-order valence-corrected chi connectivity index (χ4v) is 1.81. The van der Waals surface area contributed by atoms with E-state index >= 15 is 0 Å². The van der Waals surface area contributed by atoms with Crippen LogP contribution in [0.15, 0.2) is 12.1 Å². The van der Waals surface area contributed by atoms with Crippen molar-refractivity contribution in [2.75, 3.05) is 0 Å². The van der Waals surface area contributed by atoms with Crippen molar-refractivity contribution < 1.29 is 9.90 Å². The molecule has 0 aliphatic carbocycles. The maximum Gasteiger partial charge on any atom is 0.307 e. The van der Waals surface area contributed by atoms with Gasteiger partial charge in [0.15, 0.2) is 0 Å². The van der Waals surface area contributed by atoms with Gasteiger partial charge in [0, 0.05) is 10.4 Å². The van der Waals surface area contributed by atoms with Crippen molar-refractivity contribution in [3.05, 3.63) is 33.8 Å². The molecule has 0 amide bonds. The normalized spacial score (nSPS) is 10.2. The first-order valence-electron chi connectivity index (χ1n) is 4.10. The van der Waals surface area contributed by atoms with Gasteiger partial charge in [-0.2, -0.15) is 0 Å². The Morgan fingerprint density at radius 2 is 2.21 bits per heavy atom. The minimum absolute atomic E-state index is 0.0202. The van der Waals surface area contributed by atoms with E-state index in [4.69, 9.17) is 16.7 Å². The summed E-state index contributed by atoms with van der Waals surface area (Å²) in [5.74, 6) is -0.837. The number of benzene rings is 1. The standard InChI is InChI=1S/C10H10BrClO2/c1-6-8(4-10(13)14)2-7(5-11)3-9(6)12/h2-3H,4-5H2,1H3,(H,13,14). The minimum Gasteiger partial charge on any atom is -0.481 e. The number of alkyl halides is 1. The molecule has 14 heavy (non-hydrogen) atoms. The molecule has 4 heteroatoms. The monoisotopic (exact) mass is 276 g/mol. The molecule has 0 saturated heterocycles. The van der Waals surface area contributed by atoms with Crippen LogP contribution in [-0.4, -0.2) is 11.1 Å². The van der Waals surface area contributed by atoms with E-state index in [2.05, 4.69) is 15.9 Å². The van der Waals surface area contributed by atoms with Crippen LogP contribution >= 0.6 is 27.5 Å². The molecule has 0 saturated carbocycles. The molecule has 0 fully saturated rings. The average molecular weight is 278 g/mol. The van der Waals surface area contributed by atoms with E-state index in [1.807, 2.05) is 19.1 Å². The van der Waals surface area contributed by atoms with Gasteiger partial charge in [-0.15, -0.1) is 0 Å². The molecular weight excluding hydrogens is 267 g/mol. The highest BCUT2D eigenvalue weighted by atomic mass is 79.9. The van der Waals surface area contributed by atoms with Gasteiger partial charge in [0.25, 0.3) is 0 Å². The third kappa shape index (κ3) is 2.72. The summed E-state index contributed by atoms with van der Waals surface area (Å²) >= 11 is 9.28. The molecule has 0 aromatic heterocycles. The summed E-state index contributed by atoms with van der Waals surface area (Å²) in [4.78, 5) is 10.6. The van der Waals surface area contributed by atoms with Gasteiger partial charge in [-0.05, 0) is 29.7 Å². The van der Waals surface area contributed by atoms with Gasteiger partial charge < -0.3 is 5.11 Å². The Morgan fingerprint density at radius 3 is 2.71 bits per heavy atom. The smallest absolute Gasteiger partial charge is 0.307 e. The number of aliphatic carboxylic acids is 1. The van der Waals surface area contributed by atoms with E-state index < -0.39 is 5.97 Å². The molecule has 1 rings (SSSR count). The lowest BCUT2D eigenvalue weighted by Crippen LogP contribution is -2.03. The molecule has 0 atom stereocenters. The van der Waals surface area contributed by atoms with Crippen LogP contribution in [-0.2, 0) is 16.5 Å². The topological polar surface area (TPSA) is 37.3 Å². The third-order valence-corrected chi connectivity index (χ3v) is 3.05. The Bertz CT molecular complexity index is 363. The van der Waals surface area contributed by atoms with Crippen LogP contribution in [0.5, 0.6) is 0 Å². The van der Waals surface area contributed by atoms with Crippen molar-refractivity contribution in [3.8, 4) is 0 Å². The van der Waals surface area contributed by atoms with Crippen molar-refractivity contribution in [2.45, 2.75) is 18.7 Å². The Kier molecular flexibility index (Phi) is 3.96. The fraction of sp³-hybridized carbons (Fsp3) is 0.300. The Hall–Kier alpha value is -0.540. The molecule has 0 heterocycles. The number of hydrogen-bond donors (Lipinski definition) is 1. The van der Waals surface area contributed by atoms with Gasteiger partial charge in [0.1, 0.15) is 0 Å². The number of halogens is 2. The van der Waals surface area contributed by atoms with Crippen LogP contribution in [0.2, 0.25) is 5.02 Å². The lowest BCUT2D eigenvalue weighted by Gasteiger charge is -2.07. The van der Waals surface area contributed by atoms with Crippen LogP contribution in [0, 0.1) is 6.92 Å². The summed E-state index contributed by atoms with van der Waals surface area (Å²) in [6, 6.07) is 3.71. The summed E-state index contributed by atoms with van der Waals surface area (Å²) in [5, 5.41) is 9.99. The summed E-state index contributed by atoms with van der Waals surface area (Å²) in [6.07, 6.45) is 0.0202. The highest BCUT2D eigenvalue weighted by molar-refractivity contribution is 9.08. The molecule has 0 radical (unpaired) electrons. The van der Waals surface area contributed by atoms with Gasteiger partial charge in [0.05, 0.1) is 6.42 Å². The summed E-state index contributed by atoms with van der Waals surface area (Å²) in [7, 11) is 0. The van der Waals surface area contributed by atoms with Gasteiger partial charge in [-0.1, -0.05) is 33.6 Å². The summed E-state index contributed by atoms with van der Waals surface area (Å²) in [5.41, 5.74) is 2.62. The highest BCUT2D eigenvalue weighted by Gasteiger charge is 2.08. The van der Waals surface area contributed by atoms with Crippen molar-refractivity contribution in [3.63, 3.8) is 0 Å². The van der Waals surface area contributed by atoms with E-state index in [0.29, 0.717) is 10.4 Å². The molecule has 76 valence electrons. The van der Waals surface area contributed by atoms with E-state index in [1.54, 1.807) is 0 Å². The zero-order valence-corrected chi connectivity index (χ0v) is 10.0. The highest BCUT2D eigenvalue weighted by Crippen LogP contribution is 2.23. The van der Waals surface area contributed by atoms with Crippen LogP contribution < -0.4 is 0 Å². The van der Waals surface area contributed by atoms with E-state index in [1.165, 1.54) is 0 Å². The number of rotatable bonds is 3. The summed E-state index contributed by atoms with van der Waals surface area (Å²) in [6.45, 7) is 1.83. The van der Waals surface area contributed by atoms with Crippen LogP contribution in [0.4, 0.5) is 0 Å². The minimum atomic E-state index is -0.837. The van der Waals surface area contributed by atoms with Gasteiger partial charge in [-0.25, -0.2) is 0 Å². The largest absolute Gasteiger partial charge is 0.481 e. The molecular formula is C10H10BrClO2. The van der Waals surface area contributed by atoms with Gasteiger partial charge in [0.2, 0.25) is 0 Å². The summed E-state index contributed by atoms with van der Waals surface area (Å²) < 4.78 is 0. The van der Waals surface area contributed by atoms with Crippen LogP contribution in [0.25, 0.3) is 0 Å². The van der Waals surface area contributed by atoms with Crippen molar-refractivity contribution >= 4 is 33.5 Å². The number of carbonyl (C=O) groups is 1. The molecule has 2 nitrogen and oxygen atoms in total. The average Bonchev–Trinajstić information content (AvgIpc) is 2.11. The quantitative estimate of drug-likeness (QED) is 0.862. The first-order valence-corrected chi connectivity index (χ1v) is 5.60. The van der Waals surface area contributed by atoms with E-state index in [0.717, 1.165) is 16.7 Å². The predicted octanol–water partition coefficient (Wildman–Crippen LogP) is 3.17. The fourth-order valence-electron chi connectivity index (χ4n) is 1.22. The Morgan fingerprint density at radius 1 is 1.57 bits per heavy atom. The lowest BCUT2D eigenvalue weighted by molar-refractivity contribution is -0.136. The number of carboxylic acid groups (broad SMARTS) is 1. The lowest BCUT2D eigenvalue weighted by atomic mass is 10.0. The second kappa shape index (κ2) is 4.80. The molecule has 1 aromatic carbocycles. The third-order valence-electron chi connectivity index (χ3n) is 2.01. The number of carboxylic acids is 1. The Labute approximate surface area is 96.0 Å². The van der Waals surface area contributed by atoms with Crippen LogP contribution in [0.1, 0.15) is 16.7 Å². The van der Waals surface area contributed by atoms with Gasteiger partial charge in [-0.3, -0.25) is 4.79 Å². The molecule has 0 unspecified atom stereocenters. The predicted molar refractivity (Wildman–Crippen MR) is 60.2 cm³/mol. The second-order valence-electron chi connectivity index (χ2n) is 3.07. The first kappa shape index (κ1) is 11.5. The van der Waals surface area contributed by atoms with Crippen molar-refractivity contribution in [2.24, 2.45) is 0 Å². The zero-order valence-electron chi connectivity index (χ0n) is 7.68. The molecule has 1 N–H and O–H groups in total. The second-order valence-corrected chi connectivity index (χ2v) is 4.03. The van der Waals surface area contributed by atoms with Crippen LogP contribution in [0.3, 0.4) is 0 Å². The molecule has 0 spiro atoms. The Balaban J connectivity index is 3.13. The maximum absolute atomic E-state index is 10.6. The van der Waals surface area contributed by atoms with E-state index in [9.17, 15) is 4.79 Å². The zero-order chi connectivity index (χ0) is 10.7. The first-order chi connectivity index (χ1) is 6.54. The van der Waals surface area contributed by atoms with Gasteiger partial charge >= 0.3 is 5.97 Å². The number of hydrogen-bond acceptors (Lipinski definition) is 1. The maximum atomic E-state index is 10.6. The van der Waals surface area contributed by atoms with Crippen molar-refractivity contribution in [1.82, 2.24) is 0 Å². The SMILES string of the molecule is Cc1c(Cl)cc(CBr)cc1CC(=O)O. The van der Waals surface area contributed by atoms with E-state index in [-0.39, 0.29) is 6.42 Å².